The van der Waals surface area contributed by atoms with Gasteiger partial charge < -0.3 is 5.32 Å². The van der Waals surface area contributed by atoms with Gasteiger partial charge in [0.1, 0.15) is 11.3 Å². The molecular weight excluding hydrogens is 409 g/mol. The minimum atomic E-state index is -3.54. The highest BCUT2D eigenvalue weighted by atomic mass is 32.2. The normalized spacial score (nSPS) is 15.4. The average molecular weight is 431 g/mol. The Morgan fingerprint density at radius 1 is 1.07 bits per heavy atom. The van der Waals surface area contributed by atoms with Gasteiger partial charge >= 0.3 is 0 Å². The molecule has 0 saturated carbocycles. The highest BCUT2D eigenvalue weighted by Crippen LogP contribution is 2.23. The third kappa shape index (κ3) is 4.34. The summed E-state index contributed by atoms with van der Waals surface area (Å²) >= 11 is 0. The van der Waals surface area contributed by atoms with Gasteiger partial charge in [0.25, 0.3) is 0 Å². The molecule has 30 heavy (non-hydrogen) atoms. The van der Waals surface area contributed by atoms with Crippen molar-refractivity contribution in [2.24, 2.45) is 0 Å². The maximum Gasteiger partial charge on any atom is 0.243 e. The van der Waals surface area contributed by atoms with E-state index in [1.54, 1.807) is 16.8 Å². The molecule has 2 heterocycles. The van der Waals surface area contributed by atoms with E-state index in [-0.39, 0.29) is 29.6 Å². The van der Waals surface area contributed by atoms with Gasteiger partial charge in [0.05, 0.1) is 17.0 Å². The number of amides is 1. The second-order valence-electron chi connectivity index (χ2n) is 7.23. The lowest BCUT2D eigenvalue weighted by Crippen LogP contribution is -2.35. The number of carbonyl (C=O) groups is 1. The summed E-state index contributed by atoms with van der Waals surface area (Å²) in [7, 11) is -3.54. The van der Waals surface area contributed by atoms with Crippen LogP contribution in [0, 0.1) is 5.82 Å². The number of nitrogens with one attached hydrogen (secondary N) is 1. The summed E-state index contributed by atoms with van der Waals surface area (Å²) < 4.78 is 41.7. The summed E-state index contributed by atoms with van der Waals surface area (Å²) in [4.78, 5) is 12.3. The molecule has 4 rings (SSSR count). The van der Waals surface area contributed by atoms with Gasteiger partial charge in [0.2, 0.25) is 15.9 Å². The van der Waals surface area contributed by atoms with Crippen molar-refractivity contribution in [3.8, 4) is 0 Å². The zero-order chi connectivity index (χ0) is 21.1. The number of aromatic nitrogens is 3. The Labute approximate surface area is 173 Å². The van der Waals surface area contributed by atoms with Gasteiger partial charge in [-0.3, -0.25) is 4.79 Å². The van der Waals surface area contributed by atoms with Crippen LogP contribution in [0.1, 0.15) is 25.7 Å². The van der Waals surface area contributed by atoms with Crippen molar-refractivity contribution in [2.45, 2.75) is 37.1 Å². The molecule has 2 aromatic carbocycles. The van der Waals surface area contributed by atoms with Crippen LogP contribution in [0.15, 0.2) is 47.4 Å². The van der Waals surface area contributed by atoms with Crippen LogP contribution in [0.5, 0.6) is 0 Å². The molecule has 1 fully saturated rings. The number of anilines is 1. The maximum absolute atomic E-state index is 12.9. The summed E-state index contributed by atoms with van der Waals surface area (Å²) in [6.45, 7) is 1.36. The number of benzene rings is 2. The fraction of sp³-hybridized carbons (Fsp3) is 0.350. The van der Waals surface area contributed by atoms with E-state index in [2.05, 4.69) is 15.6 Å². The van der Waals surface area contributed by atoms with Crippen molar-refractivity contribution in [1.29, 1.82) is 0 Å². The Balaban J connectivity index is 1.44. The number of hydrogen-bond donors (Lipinski definition) is 1. The Morgan fingerprint density at radius 2 is 1.80 bits per heavy atom. The molecule has 0 spiro atoms. The lowest BCUT2D eigenvalue weighted by molar-refractivity contribution is -0.116. The van der Waals surface area contributed by atoms with E-state index in [1.807, 2.05) is 0 Å². The van der Waals surface area contributed by atoms with E-state index in [1.165, 1.54) is 34.6 Å². The third-order valence-electron chi connectivity index (χ3n) is 5.12. The molecule has 8 nitrogen and oxygen atoms in total. The number of carbonyl (C=O) groups excluding carboxylic acids is 1. The molecule has 1 aliphatic rings. The molecule has 1 aromatic heterocycles. The smallest absolute Gasteiger partial charge is 0.243 e. The van der Waals surface area contributed by atoms with Gasteiger partial charge in [0, 0.05) is 25.2 Å². The number of piperidine rings is 1. The van der Waals surface area contributed by atoms with Crippen molar-refractivity contribution in [3.05, 3.63) is 48.3 Å². The first kappa shape index (κ1) is 20.4. The number of rotatable bonds is 6. The quantitative estimate of drug-likeness (QED) is 0.647. The van der Waals surface area contributed by atoms with E-state index in [0.717, 1.165) is 19.3 Å². The third-order valence-corrected chi connectivity index (χ3v) is 7.01. The predicted octanol–water partition coefficient (Wildman–Crippen LogP) is 2.77. The molecule has 0 radical (unpaired) electrons. The van der Waals surface area contributed by atoms with Crippen molar-refractivity contribution < 1.29 is 17.6 Å². The van der Waals surface area contributed by atoms with Crippen LogP contribution in [-0.2, 0) is 21.4 Å². The van der Waals surface area contributed by atoms with Crippen molar-refractivity contribution in [3.63, 3.8) is 0 Å². The van der Waals surface area contributed by atoms with E-state index < -0.39 is 10.0 Å². The minimum absolute atomic E-state index is 0.143. The van der Waals surface area contributed by atoms with Crippen molar-refractivity contribution >= 4 is 32.7 Å². The van der Waals surface area contributed by atoms with Gasteiger partial charge in [-0.25, -0.2) is 17.5 Å². The Bertz CT molecular complexity index is 1150. The molecule has 0 aliphatic carbocycles. The molecule has 1 saturated heterocycles. The second kappa shape index (κ2) is 8.49. The zero-order valence-electron chi connectivity index (χ0n) is 16.3. The summed E-state index contributed by atoms with van der Waals surface area (Å²) in [6, 6.07) is 10.3. The lowest BCUT2D eigenvalue weighted by atomic mass is 10.2. The molecule has 1 amide bonds. The molecule has 10 heteroatoms. The average Bonchev–Trinajstić information content (AvgIpc) is 3.17. The number of sulfonamides is 1. The first-order valence-electron chi connectivity index (χ1n) is 9.82. The van der Waals surface area contributed by atoms with E-state index >= 15 is 0 Å². The minimum Gasteiger partial charge on any atom is -0.326 e. The SMILES string of the molecule is O=C(CCn1nnc2cc(S(=O)(=O)N3CCCCC3)ccc21)Nc1ccc(F)cc1. The van der Waals surface area contributed by atoms with Gasteiger partial charge in [-0.05, 0) is 55.3 Å². The van der Waals surface area contributed by atoms with Crippen LogP contribution in [0.4, 0.5) is 10.1 Å². The topological polar surface area (TPSA) is 97.2 Å². The highest BCUT2D eigenvalue weighted by molar-refractivity contribution is 7.89. The Hall–Kier alpha value is -2.85. The first-order chi connectivity index (χ1) is 14.4. The number of nitrogens with zero attached hydrogens (tertiary/aromatic N) is 4. The fourth-order valence-corrected chi connectivity index (χ4v) is 5.03. The Kier molecular flexibility index (Phi) is 5.78. The van der Waals surface area contributed by atoms with Crippen LogP contribution in [0.3, 0.4) is 0 Å². The van der Waals surface area contributed by atoms with Crippen molar-refractivity contribution in [1.82, 2.24) is 19.3 Å². The largest absolute Gasteiger partial charge is 0.326 e. The molecule has 3 aromatic rings. The maximum atomic E-state index is 12.9. The highest BCUT2D eigenvalue weighted by Gasteiger charge is 2.26. The van der Waals surface area contributed by atoms with Crippen LogP contribution in [-0.4, -0.2) is 46.7 Å². The first-order valence-corrected chi connectivity index (χ1v) is 11.3. The second-order valence-corrected chi connectivity index (χ2v) is 9.17. The van der Waals surface area contributed by atoms with Crippen LogP contribution in [0.25, 0.3) is 11.0 Å². The lowest BCUT2D eigenvalue weighted by Gasteiger charge is -2.25. The summed E-state index contributed by atoms with van der Waals surface area (Å²) in [5.41, 5.74) is 1.63. The van der Waals surface area contributed by atoms with Gasteiger partial charge in [-0.15, -0.1) is 5.10 Å². The molecule has 0 bridgehead atoms. The van der Waals surface area contributed by atoms with E-state index in [4.69, 9.17) is 0 Å². The monoisotopic (exact) mass is 431 g/mol. The van der Waals surface area contributed by atoms with E-state index in [9.17, 15) is 17.6 Å². The molecule has 1 N–H and O–H groups in total. The van der Waals surface area contributed by atoms with Crippen LogP contribution in [0.2, 0.25) is 0 Å². The Morgan fingerprint density at radius 3 is 2.53 bits per heavy atom. The van der Waals surface area contributed by atoms with Gasteiger partial charge in [0.15, 0.2) is 0 Å². The molecular formula is C20H22FN5O3S. The predicted molar refractivity (Wildman–Crippen MR) is 110 cm³/mol. The fourth-order valence-electron chi connectivity index (χ4n) is 3.50. The van der Waals surface area contributed by atoms with Gasteiger partial charge in [-0.1, -0.05) is 11.6 Å². The number of aryl methyl sites for hydroxylation is 1. The number of halogens is 1. The molecule has 0 atom stereocenters. The summed E-state index contributed by atoms with van der Waals surface area (Å²) in [6.07, 6.45) is 2.94. The summed E-state index contributed by atoms with van der Waals surface area (Å²) in [5, 5.41) is 10.8. The zero-order valence-corrected chi connectivity index (χ0v) is 17.1. The number of fused-ring (bicyclic) bond motifs is 1. The molecule has 1 aliphatic heterocycles. The van der Waals surface area contributed by atoms with Crippen molar-refractivity contribution in [2.75, 3.05) is 18.4 Å². The standard InChI is InChI=1S/C20H22FN5O3S/c21-15-4-6-16(7-5-15)22-20(27)10-13-26-19-9-8-17(14-18(19)23-24-26)30(28,29)25-11-2-1-3-12-25/h4-9,14H,1-3,10-13H2,(H,22,27). The summed E-state index contributed by atoms with van der Waals surface area (Å²) in [5.74, 6) is -0.613. The van der Waals surface area contributed by atoms with Crippen LogP contribution >= 0.6 is 0 Å². The molecule has 0 unspecified atom stereocenters. The van der Waals surface area contributed by atoms with Gasteiger partial charge in [-0.2, -0.15) is 4.31 Å². The molecule has 158 valence electrons. The van der Waals surface area contributed by atoms with E-state index in [0.29, 0.717) is 29.8 Å². The number of hydrogen-bond acceptors (Lipinski definition) is 5. The van der Waals surface area contributed by atoms with Crippen LogP contribution < -0.4 is 5.32 Å².